The summed E-state index contributed by atoms with van der Waals surface area (Å²) in [6, 6.07) is 4.17. The Bertz CT molecular complexity index is 499. The lowest BCUT2D eigenvalue weighted by Crippen LogP contribution is -1.91. The zero-order valence-electron chi connectivity index (χ0n) is 8.11. The van der Waals surface area contributed by atoms with Gasteiger partial charge in [-0.25, -0.2) is 13.8 Å². The van der Waals surface area contributed by atoms with Gasteiger partial charge in [-0.15, -0.1) is 11.8 Å². The van der Waals surface area contributed by atoms with Crippen LogP contribution in [0.5, 0.6) is 0 Å². The smallest absolute Gasteiger partial charge is 0.181 e. The van der Waals surface area contributed by atoms with Gasteiger partial charge in [0, 0.05) is 11.3 Å². The summed E-state index contributed by atoms with van der Waals surface area (Å²) in [5.41, 5.74) is 5.81. The van der Waals surface area contributed by atoms with Crippen molar-refractivity contribution in [2.45, 2.75) is 9.96 Å². The number of thioether (sulfide) groups is 1. The van der Waals surface area contributed by atoms with Gasteiger partial charge in [-0.2, -0.15) is 0 Å². The Morgan fingerprint density at radius 3 is 2.88 bits per heavy atom. The van der Waals surface area contributed by atoms with Crippen molar-refractivity contribution in [3.8, 4) is 0 Å². The van der Waals surface area contributed by atoms with Crippen LogP contribution in [0.3, 0.4) is 0 Å². The van der Waals surface area contributed by atoms with Crippen molar-refractivity contribution in [2.24, 2.45) is 0 Å². The van der Waals surface area contributed by atoms with Gasteiger partial charge >= 0.3 is 0 Å². The third-order valence-electron chi connectivity index (χ3n) is 1.90. The molecule has 1 heterocycles. The molecule has 0 aliphatic heterocycles. The van der Waals surface area contributed by atoms with Gasteiger partial charge in [0.15, 0.2) is 16.8 Å². The second-order valence-corrected chi connectivity index (χ2v) is 5.36. The van der Waals surface area contributed by atoms with Crippen molar-refractivity contribution >= 4 is 28.2 Å². The predicted molar refractivity (Wildman–Crippen MR) is 62.4 cm³/mol. The summed E-state index contributed by atoms with van der Waals surface area (Å²) in [5.74, 6) is -1.24. The Hall–Kier alpha value is -1.14. The first-order chi connectivity index (χ1) is 7.66. The summed E-state index contributed by atoms with van der Waals surface area (Å²) in [4.78, 5) is 3.88. The fourth-order valence-electron chi connectivity index (χ4n) is 1.15. The van der Waals surface area contributed by atoms with E-state index in [1.807, 2.05) is 0 Å². The number of halogens is 2. The lowest BCUT2D eigenvalue weighted by molar-refractivity contribution is 0.502. The number of aromatic nitrogens is 1. The molecule has 0 bridgehead atoms. The van der Waals surface area contributed by atoms with Crippen LogP contribution >= 0.6 is 23.1 Å². The van der Waals surface area contributed by atoms with Gasteiger partial charge < -0.3 is 5.73 Å². The molecule has 6 heteroatoms. The number of benzene rings is 1. The lowest BCUT2D eigenvalue weighted by atomic mass is 10.2. The Morgan fingerprint density at radius 1 is 1.38 bits per heavy atom. The van der Waals surface area contributed by atoms with E-state index in [-0.39, 0.29) is 0 Å². The molecule has 0 spiro atoms. The van der Waals surface area contributed by atoms with E-state index in [1.165, 1.54) is 29.2 Å². The molecule has 0 aliphatic carbocycles. The van der Waals surface area contributed by atoms with Gasteiger partial charge in [0.05, 0.1) is 10.4 Å². The van der Waals surface area contributed by atoms with E-state index in [9.17, 15) is 8.78 Å². The van der Waals surface area contributed by atoms with Crippen LogP contribution in [0.2, 0.25) is 0 Å². The third-order valence-corrected chi connectivity index (χ3v) is 3.97. The quantitative estimate of drug-likeness (QED) is 0.858. The van der Waals surface area contributed by atoms with Gasteiger partial charge in [0.1, 0.15) is 0 Å². The standard InChI is InChI=1S/C10H8F2N2S2/c11-7-3-1-2-6(9(7)12)5-15-8-4-14-10(13)16-8/h1-4H,5H2,(H2,13,14). The number of anilines is 1. The van der Waals surface area contributed by atoms with Crippen molar-refractivity contribution in [3.63, 3.8) is 0 Å². The number of nitrogens with zero attached hydrogens (tertiary/aromatic N) is 1. The summed E-state index contributed by atoms with van der Waals surface area (Å²) in [6.07, 6.45) is 1.63. The van der Waals surface area contributed by atoms with E-state index >= 15 is 0 Å². The summed E-state index contributed by atoms with van der Waals surface area (Å²) < 4.78 is 27.1. The molecule has 0 saturated carbocycles. The highest BCUT2D eigenvalue weighted by atomic mass is 32.2. The predicted octanol–water partition coefficient (Wildman–Crippen LogP) is 3.30. The zero-order valence-corrected chi connectivity index (χ0v) is 9.75. The maximum absolute atomic E-state index is 13.3. The van der Waals surface area contributed by atoms with Gasteiger partial charge in [0.25, 0.3) is 0 Å². The maximum atomic E-state index is 13.3. The first-order valence-corrected chi connectivity index (χ1v) is 6.24. The number of thiazole rings is 1. The van der Waals surface area contributed by atoms with Gasteiger partial charge in [-0.1, -0.05) is 23.5 Å². The molecule has 1 aromatic carbocycles. The van der Waals surface area contributed by atoms with E-state index in [1.54, 1.807) is 12.3 Å². The molecule has 1 aromatic heterocycles. The minimum Gasteiger partial charge on any atom is -0.375 e. The fourth-order valence-corrected chi connectivity index (χ4v) is 2.88. The average Bonchev–Trinajstić information content (AvgIpc) is 2.67. The highest BCUT2D eigenvalue weighted by Gasteiger charge is 2.08. The minimum atomic E-state index is -0.818. The van der Waals surface area contributed by atoms with Gasteiger partial charge in [-0.3, -0.25) is 0 Å². The van der Waals surface area contributed by atoms with Crippen molar-refractivity contribution in [1.82, 2.24) is 4.98 Å². The Labute approximate surface area is 99.5 Å². The highest BCUT2D eigenvalue weighted by molar-refractivity contribution is 8.00. The van der Waals surface area contributed by atoms with Crippen LogP contribution in [0.1, 0.15) is 5.56 Å². The Balaban J connectivity index is 2.07. The van der Waals surface area contributed by atoms with Crippen molar-refractivity contribution in [2.75, 3.05) is 5.73 Å². The molecule has 2 aromatic rings. The maximum Gasteiger partial charge on any atom is 0.181 e. The average molecular weight is 258 g/mol. The summed E-state index contributed by atoms with van der Waals surface area (Å²) in [5, 5.41) is 0.474. The molecule has 2 N–H and O–H groups in total. The number of nitrogens with two attached hydrogens (primary N) is 1. The number of rotatable bonds is 3. The van der Waals surface area contributed by atoms with Crippen LogP contribution in [-0.2, 0) is 5.75 Å². The van der Waals surface area contributed by atoms with Gasteiger partial charge in [0.2, 0.25) is 0 Å². The van der Waals surface area contributed by atoms with Crippen molar-refractivity contribution in [1.29, 1.82) is 0 Å². The Morgan fingerprint density at radius 2 is 2.19 bits per heavy atom. The molecule has 2 nitrogen and oxygen atoms in total. The summed E-state index contributed by atoms with van der Waals surface area (Å²) in [7, 11) is 0. The number of hydrogen-bond acceptors (Lipinski definition) is 4. The first kappa shape index (κ1) is 11.3. The second kappa shape index (κ2) is 4.80. The molecule has 0 aliphatic rings. The second-order valence-electron chi connectivity index (χ2n) is 3.02. The molecule has 2 rings (SSSR count). The molecule has 0 fully saturated rings. The minimum absolute atomic E-state index is 0.344. The Kier molecular flexibility index (Phi) is 3.40. The molecule has 0 saturated heterocycles. The molecular weight excluding hydrogens is 250 g/mol. The lowest BCUT2D eigenvalue weighted by Gasteiger charge is -2.01. The van der Waals surface area contributed by atoms with Gasteiger partial charge in [-0.05, 0) is 6.07 Å². The van der Waals surface area contributed by atoms with E-state index in [4.69, 9.17) is 5.73 Å². The van der Waals surface area contributed by atoms with Crippen molar-refractivity contribution in [3.05, 3.63) is 41.6 Å². The summed E-state index contributed by atoms with van der Waals surface area (Å²) >= 11 is 2.72. The zero-order chi connectivity index (χ0) is 11.5. The molecule has 0 radical (unpaired) electrons. The summed E-state index contributed by atoms with van der Waals surface area (Å²) in [6.45, 7) is 0. The molecule has 0 atom stereocenters. The molecular formula is C10H8F2N2S2. The fraction of sp³-hybridized carbons (Fsp3) is 0.100. The van der Waals surface area contributed by atoms with Crippen LogP contribution < -0.4 is 5.73 Å². The van der Waals surface area contributed by atoms with Crippen LogP contribution in [0.25, 0.3) is 0 Å². The normalized spacial score (nSPS) is 10.6. The van der Waals surface area contributed by atoms with Crippen molar-refractivity contribution < 1.29 is 8.78 Å². The van der Waals surface area contributed by atoms with Crippen LogP contribution in [0, 0.1) is 11.6 Å². The van der Waals surface area contributed by atoms with E-state index < -0.39 is 11.6 Å². The molecule has 0 unspecified atom stereocenters. The number of hydrogen-bond donors (Lipinski definition) is 1. The van der Waals surface area contributed by atoms with Crippen LogP contribution in [-0.4, -0.2) is 4.98 Å². The monoisotopic (exact) mass is 258 g/mol. The number of nitrogen functional groups attached to an aromatic ring is 1. The first-order valence-electron chi connectivity index (χ1n) is 4.44. The SMILES string of the molecule is Nc1ncc(SCc2cccc(F)c2F)s1. The molecule has 16 heavy (non-hydrogen) atoms. The van der Waals surface area contributed by atoms with E-state index in [0.29, 0.717) is 16.4 Å². The van der Waals surface area contributed by atoms with Crippen LogP contribution in [0.15, 0.2) is 28.6 Å². The van der Waals surface area contributed by atoms with E-state index in [0.717, 1.165) is 10.3 Å². The van der Waals surface area contributed by atoms with Crippen LogP contribution in [0.4, 0.5) is 13.9 Å². The van der Waals surface area contributed by atoms with E-state index in [2.05, 4.69) is 4.98 Å². The highest BCUT2D eigenvalue weighted by Crippen LogP contribution is 2.30. The third kappa shape index (κ3) is 2.51. The topological polar surface area (TPSA) is 38.9 Å². The largest absolute Gasteiger partial charge is 0.375 e. The molecule has 0 amide bonds. The molecule has 84 valence electrons.